The van der Waals surface area contributed by atoms with E-state index >= 15 is 0 Å². The van der Waals surface area contributed by atoms with Gasteiger partial charge in [-0.05, 0) is 44.9 Å². The number of allylic oxidation sites excluding steroid dienone is 4. The highest BCUT2D eigenvalue weighted by atomic mass is 31.2. The number of phosphoric ester groups is 1. The second-order valence-corrected chi connectivity index (χ2v) is 26.7. The van der Waals surface area contributed by atoms with Crippen molar-refractivity contribution in [2.45, 2.75) is 373 Å². The van der Waals surface area contributed by atoms with E-state index in [-0.39, 0.29) is 19.1 Å². The second-order valence-electron chi connectivity index (χ2n) is 25.2. The van der Waals surface area contributed by atoms with Crippen LogP contribution in [-0.4, -0.2) is 68.5 Å². The van der Waals surface area contributed by atoms with Crippen molar-refractivity contribution in [1.29, 1.82) is 0 Å². The van der Waals surface area contributed by atoms with Gasteiger partial charge in [-0.2, -0.15) is 0 Å². The Balaban J connectivity index is 3.81. The predicted octanol–water partition coefficient (Wildman–Crippen LogP) is 21.3. The number of aliphatic hydroxyl groups is 1. The quantitative estimate of drug-likeness (QED) is 0.0272. The van der Waals surface area contributed by atoms with Gasteiger partial charge in [0.05, 0.1) is 39.9 Å². The van der Waals surface area contributed by atoms with E-state index in [2.05, 4.69) is 43.5 Å². The van der Waals surface area contributed by atoms with Crippen molar-refractivity contribution in [3.8, 4) is 0 Å². The number of hydrogen-bond acceptors (Lipinski definition) is 6. The third kappa shape index (κ3) is 62.6. The van der Waals surface area contributed by atoms with Crippen LogP contribution in [0.25, 0.3) is 0 Å². The number of likely N-dealkylation sites (N-methyl/N-ethyl adjacent to an activating group) is 1. The van der Waals surface area contributed by atoms with Gasteiger partial charge < -0.3 is 28.8 Å². The Bertz CT molecular complexity index is 1320. The first-order valence-electron chi connectivity index (χ1n) is 34.7. The monoisotopic (exact) mass is 1120 g/mol. The maximum absolute atomic E-state index is 13.0. The molecule has 0 saturated heterocycles. The molecule has 2 N–H and O–H groups in total. The average molecular weight is 1120 g/mol. The summed E-state index contributed by atoms with van der Waals surface area (Å²) in [5.41, 5.74) is 0. The van der Waals surface area contributed by atoms with E-state index in [4.69, 9.17) is 9.05 Å². The van der Waals surface area contributed by atoms with Gasteiger partial charge >= 0.3 is 0 Å². The van der Waals surface area contributed by atoms with Crippen molar-refractivity contribution in [3.05, 3.63) is 24.3 Å². The number of aliphatic hydroxyl groups excluding tert-OH is 1. The summed E-state index contributed by atoms with van der Waals surface area (Å²) >= 11 is 0. The van der Waals surface area contributed by atoms with Gasteiger partial charge in [0.15, 0.2) is 0 Å². The van der Waals surface area contributed by atoms with E-state index in [0.717, 1.165) is 44.9 Å². The van der Waals surface area contributed by atoms with Crippen molar-refractivity contribution < 1.29 is 32.9 Å². The largest absolute Gasteiger partial charge is 0.756 e. The summed E-state index contributed by atoms with van der Waals surface area (Å²) in [7, 11) is 1.32. The molecule has 0 radical (unpaired) electrons. The first-order chi connectivity index (χ1) is 38.0. The number of phosphoric acid groups is 1. The molecule has 9 heteroatoms. The molecular weight excluding hydrogens is 984 g/mol. The summed E-state index contributed by atoms with van der Waals surface area (Å²) in [6.45, 7) is 4.76. The molecule has 3 atom stereocenters. The van der Waals surface area contributed by atoms with Crippen LogP contribution in [0, 0.1) is 0 Å². The van der Waals surface area contributed by atoms with Gasteiger partial charge in [-0.1, -0.05) is 334 Å². The molecule has 0 heterocycles. The van der Waals surface area contributed by atoms with Crippen LogP contribution in [0.2, 0.25) is 0 Å². The molecule has 0 aliphatic rings. The third-order valence-corrected chi connectivity index (χ3v) is 17.2. The van der Waals surface area contributed by atoms with Crippen LogP contribution in [0.4, 0.5) is 0 Å². The Labute approximate surface area is 487 Å². The highest BCUT2D eigenvalue weighted by Crippen LogP contribution is 2.38. The zero-order valence-corrected chi connectivity index (χ0v) is 54.0. The highest BCUT2D eigenvalue weighted by molar-refractivity contribution is 7.45. The summed E-state index contributed by atoms with van der Waals surface area (Å²) < 4.78 is 23.5. The van der Waals surface area contributed by atoms with E-state index in [1.165, 1.54) is 289 Å². The van der Waals surface area contributed by atoms with Gasteiger partial charge in [0.25, 0.3) is 7.82 Å². The van der Waals surface area contributed by atoms with Gasteiger partial charge in [-0.15, -0.1) is 0 Å². The minimum absolute atomic E-state index is 0.0155. The van der Waals surface area contributed by atoms with Crippen LogP contribution in [0.5, 0.6) is 0 Å². The number of carbonyl (C=O) groups excluding carboxylic acids is 1. The number of rotatable bonds is 65. The zero-order chi connectivity index (χ0) is 57.0. The number of carbonyl (C=O) groups is 1. The van der Waals surface area contributed by atoms with Gasteiger partial charge in [0, 0.05) is 6.42 Å². The minimum Gasteiger partial charge on any atom is -0.756 e. The zero-order valence-electron chi connectivity index (χ0n) is 53.2. The number of unbranched alkanes of at least 4 members (excludes halogenated alkanes) is 48. The Morgan fingerprint density at radius 2 is 0.744 bits per heavy atom. The van der Waals surface area contributed by atoms with Gasteiger partial charge in [-0.3, -0.25) is 9.36 Å². The van der Waals surface area contributed by atoms with Crippen molar-refractivity contribution in [3.63, 3.8) is 0 Å². The molecule has 0 aromatic carbocycles. The van der Waals surface area contributed by atoms with Crippen LogP contribution >= 0.6 is 7.82 Å². The minimum atomic E-state index is -4.57. The Morgan fingerprint density at radius 1 is 0.449 bits per heavy atom. The number of nitrogens with one attached hydrogen (secondary N) is 1. The van der Waals surface area contributed by atoms with E-state index in [1.807, 2.05) is 21.1 Å². The number of nitrogens with zero attached hydrogens (tertiary/aromatic N) is 1. The molecule has 3 unspecified atom stereocenters. The smallest absolute Gasteiger partial charge is 0.268 e. The number of amides is 1. The standard InChI is InChI=1S/C69H137N2O6P/c1-6-8-10-12-14-16-18-20-22-23-24-25-26-27-28-29-30-31-32-33-34-35-36-37-38-39-40-41-42-43-44-45-46-47-49-51-53-55-57-59-61-63-69(73)70-67(66-77-78(74,75)76-65-64-71(3,4)5)68(72)62-60-58-56-54-52-50-48-21-19-17-15-13-11-9-7-2/h18,20,23-24,67-68,72H,6-17,19,21-22,25-66H2,1-5H3,(H-,70,73,74,75)/b20-18-,24-23-. The molecule has 1 amide bonds. The fourth-order valence-electron chi connectivity index (χ4n) is 10.8. The van der Waals surface area contributed by atoms with Gasteiger partial charge in [0.2, 0.25) is 5.91 Å². The van der Waals surface area contributed by atoms with Gasteiger partial charge in [0.1, 0.15) is 13.2 Å². The average Bonchev–Trinajstić information content (AvgIpc) is 3.41. The Hall–Kier alpha value is -1.02. The highest BCUT2D eigenvalue weighted by Gasteiger charge is 2.24. The van der Waals surface area contributed by atoms with Crippen molar-refractivity contribution in [2.24, 2.45) is 0 Å². The van der Waals surface area contributed by atoms with E-state index in [9.17, 15) is 19.4 Å². The molecule has 8 nitrogen and oxygen atoms in total. The summed E-state index contributed by atoms with van der Waals surface area (Å²) in [5, 5.41) is 14.0. The van der Waals surface area contributed by atoms with E-state index in [1.54, 1.807) is 0 Å². The summed E-state index contributed by atoms with van der Waals surface area (Å²) in [6.07, 6.45) is 78.4. The Morgan fingerprint density at radius 3 is 1.06 bits per heavy atom. The number of hydrogen-bond donors (Lipinski definition) is 2. The molecule has 0 aromatic heterocycles. The lowest BCUT2D eigenvalue weighted by molar-refractivity contribution is -0.870. The molecule has 0 aliphatic heterocycles. The molecule has 0 aliphatic carbocycles. The lowest BCUT2D eigenvalue weighted by atomic mass is 10.0. The Kier molecular flexibility index (Phi) is 59.8. The first kappa shape index (κ1) is 77.0. The summed E-state index contributed by atoms with van der Waals surface area (Å²) in [6, 6.07) is -0.797. The van der Waals surface area contributed by atoms with Gasteiger partial charge in [-0.25, -0.2) is 0 Å². The maximum Gasteiger partial charge on any atom is 0.268 e. The molecule has 0 bridgehead atoms. The first-order valence-corrected chi connectivity index (χ1v) is 36.1. The van der Waals surface area contributed by atoms with Crippen molar-refractivity contribution in [1.82, 2.24) is 5.32 Å². The topological polar surface area (TPSA) is 108 Å². The van der Waals surface area contributed by atoms with Crippen molar-refractivity contribution >= 4 is 13.7 Å². The second kappa shape index (κ2) is 60.6. The lowest BCUT2D eigenvalue weighted by Gasteiger charge is -2.30. The van der Waals surface area contributed by atoms with Crippen LogP contribution in [0.15, 0.2) is 24.3 Å². The van der Waals surface area contributed by atoms with E-state index < -0.39 is 20.0 Å². The van der Waals surface area contributed by atoms with Crippen LogP contribution < -0.4 is 10.2 Å². The SMILES string of the molecule is CCCCCCC/C=C\C/C=C\CCCCCCCCCCCCCCCCCCCCCCCCCCCCCCCC(=O)NC(COP(=O)([O-])OCC[N+](C)(C)C)C(O)CCCCCCCCCCCCCCCCC. The molecule has 78 heavy (non-hydrogen) atoms. The lowest BCUT2D eigenvalue weighted by Crippen LogP contribution is -2.46. The molecule has 0 aromatic rings. The van der Waals surface area contributed by atoms with Crippen LogP contribution in [0.1, 0.15) is 361 Å². The third-order valence-electron chi connectivity index (χ3n) is 16.2. The predicted molar refractivity (Wildman–Crippen MR) is 339 cm³/mol. The van der Waals surface area contributed by atoms with Crippen LogP contribution in [-0.2, 0) is 18.4 Å². The maximum atomic E-state index is 13.0. The summed E-state index contributed by atoms with van der Waals surface area (Å²) in [4.78, 5) is 25.6. The number of quaternary nitrogens is 1. The molecule has 0 saturated carbocycles. The van der Waals surface area contributed by atoms with E-state index in [0.29, 0.717) is 23.9 Å². The molecule has 464 valence electrons. The molecule has 0 rings (SSSR count). The molecule has 0 spiro atoms. The molecule has 0 fully saturated rings. The fraction of sp³-hybridized carbons (Fsp3) is 0.928. The van der Waals surface area contributed by atoms with Crippen LogP contribution in [0.3, 0.4) is 0 Å². The summed E-state index contributed by atoms with van der Waals surface area (Å²) in [5.74, 6) is -0.157. The van der Waals surface area contributed by atoms with Crippen molar-refractivity contribution in [2.75, 3.05) is 40.9 Å². The normalized spacial score (nSPS) is 13.8. The fourth-order valence-corrected chi connectivity index (χ4v) is 11.5. The molecular formula is C69H137N2O6P.